The van der Waals surface area contributed by atoms with E-state index in [1.165, 1.54) is 11.8 Å². The zero-order valence-corrected chi connectivity index (χ0v) is 19.3. The van der Waals surface area contributed by atoms with E-state index < -0.39 is 5.25 Å². The summed E-state index contributed by atoms with van der Waals surface area (Å²) in [5, 5.41) is 3.56. The summed E-state index contributed by atoms with van der Waals surface area (Å²) in [6.07, 6.45) is 0.102. The fourth-order valence-electron chi connectivity index (χ4n) is 2.63. The second kappa shape index (κ2) is 9.47. The molecule has 0 saturated carbocycles. The number of rotatable bonds is 4. The highest BCUT2D eigenvalue weighted by atomic mass is 127. The van der Waals surface area contributed by atoms with Gasteiger partial charge in [-0.25, -0.2) is 4.99 Å². The van der Waals surface area contributed by atoms with Crippen LogP contribution in [0, 0.1) is 3.57 Å². The van der Waals surface area contributed by atoms with Crippen molar-refractivity contribution in [3.05, 3.63) is 56.1 Å². The molecule has 0 aromatic heterocycles. The number of anilines is 1. The molecule has 0 radical (unpaired) electrons. The van der Waals surface area contributed by atoms with Crippen LogP contribution >= 0.6 is 57.6 Å². The maximum atomic E-state index is 12.7. The molecule has 2 amide bonds. The number of nitrogens with one attached hydrogen (secondary N) is 1. The minimum absolute atomic E-state index is 0.102. The van der Waals surface area contributed by atoms with Crippen molar-refractivity contribution in [3.63, 3.8) is 0 Å². The Hall–Kier alpha value is -1.29. The van der Waals surface area contributed by atoms with Gasteiger partial charge in [0.05, 0.1) is 5.69 Å². The van der Waals surface area contributed by atoms with Gasteiger partial charge in [-0.05, 0) is 72.0 Å². The molecule has 1 aliphatic rings. The fourth-order valence-corrected chi connectivity index (χ4v) is 4.68. The van der Waals surface area contributed by atoms with Gasteiger partial charge in [0.25, 0.3) is 0 Å². The first-order chi connectivity index (χ1) is 13.4. The lowest BCUT2D eigenvalue weighted by atomic mass is 10.2. The summed E-state index contributed by atoms with van der Waals surface area (Å²) in [6, 6.07) is 12.5. The van der Waals surface area contributed by atoms with Crippen LogP contribution in [0.1, 0.15) is 13.3 Å². The number of amides is 2. The zero-order chi connectivity index (χ0) is 20.3. The second-order valence-corrected chi connectivity index (χ2v) is 9.26. The maximum absolute atomic E-state index is 12.7. The number of carbonyl (C=O) groups is 2. The van der Waals surface area contributed by atoms with Crippen LogP contribution < -0.4 is 5.32 Å². The average molecular weight is 548 g/mol. The number of carbonyl (C=O) groups excluding carboxylic acids is 2. The molecule has 0 spiro atoms. The van der Waals surface area contributed by atoms with Crippen molar-refractivity contribution < 1.29 is 9.59 Å². The van der Waals surface area contributed by atoms with E-state index in [4.69, 9.17) is 23.2 Å². The summed E-state index contributed by atoms with van der Waals surface area (Å²) < 4.78 is 1.10. The minimum atomic E-state index is -0.587. The van der Waals surface area contributed by atoms with E-state index in [-0.39, 0.29) is 18.2 Å². The van der Waals surface area contributed by atoms with E-state index in [0.29, 0.717) is 27.4 Å². The molecule has 1 heterocycles. The molecule has 3 rings (SSSR count). The number of amidine groups is 1. The number of thioether (sulfide) groups is 1. The molecular weight excluding hydrogens is 532 g/mol. The van der Waals surface area contributed by atoms with Crippen molar-refractivity contribution in [2.24, 2.45) is 4.99 Å². The third kappa shape index (κ3) is 5.40. The van der Waals surface area contributed by atoms with Crippen LogP contribution in [0.3, 0.4) is 0 Å². The largest absolute Gasteiger partial charge is 0.325 e. The molecule has 2 aromatic carbocycles. The van der Waals surface area contributed by atoms with Crippen molar-refractivity contribution >= 4 is 85.9 Å². The Morgan fingerprint density at radius 2 is 1.89 bits per heavy atom. The summed E-state index contributed by atoms with van der Waals surface area (Å²) in [5.41, 5.74) is 1.22. The summed E-state index contributed by atoms with van der Waals surface area (Å²) in [4.78, 5) is 31.5. The van der Waals surface area contributed by atoms with Gasteiger partial charge in [-0.2, -0.15) is 0 Å². The topological polar surface area (TPSA) is 61.8 Å². The van der Waals surface area contributed by atoms with Crippen molar-refractivity contribution in [1.29, 1.82) is 0 Å². The van der Waals surface area contributed by atoms with Crippen LogP contribution in [-0.2, 0) is 9.59 Å². The Labute approximate surface area is 191 Å². The third-order valence-corrected chi connectivity index (χ3v) is 6.27. The Morgan fingerprint density at radius 3 is 2.50 bits per heavy atom. The van der Waals surface area contributed by atoms with Crippen LogP contribution in [0.5, 0.6) is 0 Å². The number of nitrogens with zero attached hydrogens (tertiary/aromatic N) is 2. The highest BCUT2D eigenvalue weighted by molar-refractivity contribution is 14.1. The molecule has 1 N–H and O–H groups in total. The van der Waals surface area contributed by atoms with E-state index in [1.54, 1.807) is 23.1 Å². The normalized spacial score (nSPS) is 18.4. The summed E-state index contributed by atoms with van der Waals surface area (Å²) in [6.45, 7) is 2.38. The lowest BCUT2D eigenvalue weighted by Crippen LogP contribution is -2.45. The Morgan fingerprint density at radius 1 is 1.25 bits per heavy atom. The Balaban J connectivity index is 1.81. The molecular formula is C19H16Cl2IN3O2S. The molecule has 9 heteroatoms. The zero-order valence-electron chi connectivity index (χ0n) is 14.8. The van der Waals surface area contributed by atoms with Crippen LogP contribution in [0.25, 0.3) is 0 Å². The molecule has 5 nitrogen and oxygen atoms in total. The van der Waals surface area contributed by atoms with Crippen LogP contribution in [0.15, 0.2) is 47.5 Å². The quantitative estimate of drug-likeness (QED) is 0.508. The van der Waals surface area contributed by atoms with Gasteiger partial charge in [0, 0.05) is 32.3 Å². The molecule has 2 aromatic rings. The van der Waals surface area contributed by atoms with Crippen molar-refractivity contribution in [2.45, 2.75) is 18.6 Å². The molecule has 0 bridgehead atoms. The summed E-state index contributed by atoms with van der Waals surface area (Å²) >= 11 is 15.5. The Kier molecular flexibility index (Phi) is 7.25. The first kappa shape index (κ1) is 21.4. The number of halogens is 3. The molecule has 146 valence electrons. The van der Waals surface area contributed by atoms with Gasteiger partial charge in [0.2, 0.25) is 11.8 Å². The smallest absolute Gasteiger partial charge is 0.238 e. The van der Waals surface area contributed by atoms with Crippen molar-refractivity contribution in [2.75, 3.05) is 11.9 Å². The predicted molar refractivity (Wildman–Crippen MR) is 125 cm³/mol. The van der Waals surface area contributed by atoms with Crippen LogP contribution in [0.4, 0.5) is 11.4 Å². The molecule has 28 heavy (non-hydrogen) atoms. The monoisotopic (exact) mass is 547 g/mol. The highest BCUT2D eigenvalue weighted by Crippen LogP contribution is 2.30. The lowest BCUT2D eigenvalue weighted by molar-refractivity contribution is -0.129. The van der Waals surface area contributed by atoms with E-state index in [0.717, 1.165) is 9.26 Å². The SMILES string of the molecule is CCN1C(=O)CC(C(=O)Nc2cc(Cl)cc(Cl)c2)SC1=Nc1ccc(I)cc1. The van der Waals surface area contributed by atoms with E-state index >= 15 is 0 Å². The highest BCUT2D eigenvalue weighted by Gasteiger charge is 2.35. The molecule has 1 fully saturated rings. The van der Waals surface area contributed by atoms with Gasteiger partial charge in [0.15, 0.2) is 5.17 Å². The van der Waals surface area contributed by atoms with Crippen LogP contribution in [0.2, 0.25) is 10.0 Å². The first-order valence-corrected chi connectivity index (χ1v) is 11.2. The van der Waals surface area contributed by atoms with Gasteiger partial charge in [-0.15, -0.1) is 0 Å². The molecule has 1 saturated heterocycles. The van der Waals surface area contributed by atoms with Gasteiger partial charge in [-0.3, -0.25) is 14.5 Å². The van der Waals surface area contributed by atoms with Crippen molar-refractivity contribution in [1.82, 2.24) is 4.90 Å². The second-order valence-electron chi connectivity index (χ2n) is 5.97. The predicted octanol–water partition coefficient (Wildman–Crippen LogP) is 5.58. The number of hydrogen-bond donors (Lipinski definition) is 1. The van der Waals surface area contributed by atoms with Gasteiger partial charge >= 0.3 is 0 Å². The molecule has 1 unspecified atom stereocenters. The molecule has 1 atom stereocenters. The fraction of sp³-hybridized carbons (Fsp3) is 0.211. The summed E-state index contributed by atoms with van der Waals surface area (Å²) in [7, 11) is 0. The van der Waals surface area contributed by atoms with Gasteiger partial charge < -0.3 is 5.32 Å². The van der Waals surface area contributed by atoms with Crippen LogP contribution in [-0.4, -0.2) is 33.7 Å². The van der Waals surface area contributed by atoms with Gasteiger partial charge in [0.1, 0.15) is 5.25 Å². The lowest BCUT2D eigenvalue weighted by Gasteiger charge is -2.30. The standard InChI is InChI=1S/C19H16Cl2IN3O2S/c1-2-25-17(26)10-16(18(27)23-15-8-11(20)7-12(21)9-15)28-19(25)24-14-5-3-13(22)4-6-14/h3-9,16H,2,10H2,1H3,(H,23,27). The van der Waals surface area contributed by atoms with Crippen molar-refractivity contribution in [3.8, 4) is 0 Å². The van der Waals surface area contributed by atoms with E-state index in [1.807, 2.05) is 31.2 Å². The maximum Gasteiger partial charge on any atom is 0.238 e. The molecule has 0 aliphatic carbocycles. The average Bonchev–Trinajstić information content (AvgIpc) is 2.62. The molecule has 1 aliphatic heterocycles. The Bertz CT molecular complexity index is 917. The third-order valence-electron chi connectivity index (χ3n) is 3.93. The summed E-state index contributed by atoms with van der Waals surface area (Å²) in [5.74, 6) is -0.419. The number of aliphatic imine (C=N–C) groups is 1. The van der Waals surface area contributed by atoms with E-state index in [9.17, 15) is 9.59 Å². The number of benzene rings is 2. The van der Waals surface area contributed by atoms with E-state index in [2.05, 4.69) is 32.9 Å². The van der Waals surface area contributed by atoms with Gasteiger partial charge in [-0.1, -0.05) is 35.0 Å². The number of hydrogen-bond acceptors (Lipinski definition) is 4. The minimum Gasteiger partial charge on any atom is -0.325 e. The first-order valence-electron chi connectivity index (χ1n) is 8.44.